The summed E-state index contributed by atoms with van der Waals surface area (Å²) in [4.78, 5) is 21.6. The molecule has 2 N–H and O–H groups in total. The molecule has 15 heavy (non-hydrogen) atoms. The predicted molar refractivity (Wildman–Crippen MR) is 59.0 cm³/mol. The third-order valence-corrected chi connectivity index (χ3v) is 2.85. The molecule has 0 aromatic rings. The van der Waals surface area contributed by atoms with Gasteiger partial charge in [0.1, 0.15) is 0 Å². The van der Waals surface area contributed by atoms with Crippen LogP contribution < -0.4 is 5.32 Å². The first kappa shape index (κ1) is 14.2. The molecule has 0 rings (SSSR count). The lowest BCUT2D eigenvalue weighted by molar-refractivity contribution is -0.140. The maximum atomic E-state index is 11.1. The second-order valence-corrected chi connectivity index (χ2v) is 4.13. The summed E-state index contributed by atoms with van der Waals surface area (Å²) >= 11 is 1.32. The molecular weight excluding hydrogens is 218 g/mol. The Morgan fingerprint density at radius 3 is 2.73 bits per heavy atom. The topological polar surface area (TPSA) is 75.6 Å². The van der Waals surface area contributed by atoms with E-state index in [1.165, 1.54) is 11.8 Å². The SMILES string of the molecule is COCCNC(=O)CSCC(C)C(=O)O. The van der Waals surface area contributed by atoms with E-state index in [1.807, 2.05) is 0 Å². The van der Waals surface area contributed by atoms with Gasteiger partial charge in [-0.25, -0.2) is 0 Å². The highest BCUT2D eigenvalue weighted by Gasteiger charge is 2.11. The molecule has 0 aliphatic heterocycles. The van der Waals surface area contributed by atoms with Crippen LogP contribution in [0.1, 0.15) is 6.92 Å². The van der Waals surface area contributed by atoms with Crippen molar-refractivity contribution < 1.29 is 19.4 Å². The van der Waals surface area contributed by atoms with Crippen LogP contribution in [0.2, 0.25) is 0 Å². The van der Waals surface area contributed by atoms with E-state index in [2.05, 4.69) is 5.32 Å². The number of carbonyl (C=O) groups excluding carboxylic acids is 1. The number of thioether (sulfide) groups is 1. The van der Waals surface area contributed by atoms with Gasteiger partial charge in [0.15, 0.2) is 0 Å². The molecule has 0 bridgehead atoms. The molecule has 1 atom stereocenters. The molecule has 0 aromatic heterocycles. The van der Waals surface area contributed by atoms with Crippen molar-refractivity contribution in [3.8, 4) is 0 Å². The fourth-order valence-corrected chi connectivity index (χ4v) is 1.64. The molecule has 88 valence electrons. The predicted octanol–water partition coefficient (Wildman–Crippen LogP) is 0.203. The highest BCUT2D eigenvalue weighted by molar-refractivity contribution is 7.99. The number of aliphatic carboxylic acids is 1. The molecule has 0 aliphatic carbocycles. The van der Waals surface area contributed by atoms with Crippen molar-refractivity contribution in [3.05, 3.63) is 0 Å². The summed E-state index contributed by atoms with van der Waals surface area (Å²) in [6, 6.07) is 0. The van der Waals surface area contributed by atoms with Crippen molar-refractivity contribution >= 4 is 23.6 Å². The summed E-state index contributed by atoms with van der Waals surface area (Å²) in [6.45, 7) is 2.60. The second-order valence-electron chi connectivity index (χ2n) is 3.10. The Morgan fingerprint density at radius 2 is 2.20 bits per heavy atom. The largest absolute Gasteiger partial charge is 0.481 e. The van der Waals surface area contributed by atoms with E-state index >= 15 is 0 Å². The zero-order chi connectivity index (χ0) is 11.7. The Balaban J connectivity index is 3.42. The van der Waals surface area contributed by atoms with Crippen LogP contribution in [0.4, 0.5) is 0 Å². The minimum absolute atomic E-state index is 0.0883. The third kappa shape index (κ3) is 8.26. The maximum Gasteiger partial charge on any atom is 0.307 e. The van der Waals surface area contributed by atoms with Gasteiger partial charge in [0.2, 0.25) is 5.91 Å². The van der Waals surface area contributed by atoms with E-state index in [4.69, 9.17) is 9.84 Å². The van der Waals surface area contributed by atoms with Gasteiger partial charge in [-0.15, -0.1) is 0 Å². The van der Waals surface area contributed by atoms with E-state index in [0.717, 1.165) is 0 Å². The first-order chi connectivity index (χ1) is 7.07. The van der Waals surface area contributed by atoms with Crippen molar-refractivity contribution in [1.29, 1.82) is 0 Å². The number of ether oxygens (including phenoxy) is 1. The van der Waals surface area contributed by atoms with Gasteiger partial charge >= 0.3 is 5.97 Å². The van der Waals surface area contributed by atoms with E-state index in [1.54, 1.807) is 14.0 Å². The molecule has 1 unspecified atom stereocenters. The van der Waals surface area contributed by atoms with E-state index in [-0.39, 0.29) is 5.91 Å². The molecule has 0 heterocycles. The van der Waals surface area contributed by atoms with E-state index < -0.39 is 11.9 Å². The third-order valence-electron chi connectivity index (χ3n) is 1.65. The van der Waals surface area contributed by atoms with Gasteiger partial charge in [0.05, 0.1) is 18.3 Å². The van der Waals surface area contributed by atoms with Crippen LogP contribution in [0.25, 0.3) is 0 Å². The van der Waals surface area contributed by atoms with Gasteiger partial charge in [0.25, 0.3) is 0 Å². The zero-order valence-corrected chi connectivity index (χ0v) is 9.80. The molecule has 5 nitrogen and oxygen atoms in total. The minimum atomic E-state index is -0.831. The maximum absolute atomic E-state index is 11.1. The molecule has 0 radical (unpaired) electrons. The minimum Gasteiger partial charge on any atom is -0.481 e. The van der Waals surface area contributed by atoms with E-state index in [0.29, 0.717) is 24.7 Å². The zero-order valence-electron chi connectivity index (χ0n) is 8.99. The Kier molecular flexibility index (Phi) is 8.12. The summed E-state index contributed by atoms with van der Waals surface area (Å²) in [7, 11) is 1.56. The van der Waals surface area contributed by atoms with Crippen LogP contribution in [0.3, 0.4) is 0 Å². The van der Waals surface area contributed by atoms with Crippen molar-refractivity contribution in [2.45, 2.75) is 6.92 Å². The number of nitrogens with one attached hydrogen (secondary N) is 1. The number of carbonyl (C=O) groups is 2. The fraction of sp³-hybridized carbons (Fsp3) is 0.778. The molecule has 0 spiro atoms. The average molecular weight is 235 g/mol. The smallest absolute Gasteiger partial charge is 0.307 e. The fourth-order valence-electron chi connectivity index (χ4n) is 0.743. The van der Waals surface area contributed by atoms with E-state index in [9.17, 15) is 9.59 Å². The molecular formula is C9H17NO4S. The molecule has 0 saturated heterocycles. The number of hydrogen-bond donors (Lipinski definition) is 2. The number of carboxylic acids is 1. The van der Waals surface area contributed by atoms with Gasteiger partial charge < -0.3 is 15.2 Å². The lowest BCUT2D eigenvalue weighted by atomic mass is 10.2. The first-order valence-corrected chi connectivity index (χ1v) is 5.79. The van der Waals surface area contributed by atoms with Crippen LogP contribution in [0.5, 0.6) is 0 Å². The highest BCUT2D eigenvalue weighted by Crippen LogP contribution is 2.07. The van der Waals surface area contributed by atoms with Crippen LogP contribution in [-0.4, -0.2) is 48.8 Å². The summed E-state index contributed by atoms with van der Waals surface area (Å²) < 4.78 is 4.77. The van der Waals surface area contributed by atoms with Gasteiger partial charge in [0, 0.05) is 19.4 Å². The Labute approximate surface area is 93.6 Å². The molecule has 0 aromatic carbocycles. The number of rotatable bonds is 8. The lowest BCUT2D eigenvalue weighted by Gasteiger charge is -2.06. The van der Waals surface area contributed by atoms with Crippen molar-refractivity contribution in [2.75, 3.05) is 31.8 Å². The van der Waals surface area contributed by atoms with Crippen LogP contribution in [-0.2, 0) is 14.3 Å². The standard InChI is InChI=1S/C9H17NO4S/c1-7(9(12)13)5-15-6-8(11)10-3-4-14-2/h7H,3-6H2,1-2H3,(H,10,11)(H,12,13). The van der Waals surface area contributed by atoms with Gasteiger partial charge in [-0.2, -0.15) is 11.8 Å². The highest BCUT2D eigenvalue weighted by atomic mass is 32.2. The number of carboxylic acid groups (broad SMARTS) is 1. The van der Waals surface area contributed by atoms with Gasteiger partial charge in [-0.3, -0.25) is 9.59 Å². The van der Waals surface area contributed by atoms with Crippen molar-refractivity contribution in [3.63, 3.8) is 0 Å². The Morgan fingerprint density at radius 1 is 1.53 bits per heavy atom. The summed E-state index contributed by atoms with van der Waals surface area (Å²) in [6.07, 6.45) is 0. The van der Waals surface area contributed by atoms with Crippen molar-refractivity contribution in [2.24, 2.45) is 5.92 Å². The van der Waals surface area contributed by atoms with Gasteiger partial charge in [-0.1, -0.05) is 6.92 Å². The quantitative estimate of drug-likeness (QED) is 0.588. The number of hydrogen-bond acceptors (Lipinski definition) is 4. The van der Waals surface area contributed by atoms with Crippen LogP contribution in [0, 0.1) is 5.92 Å². The Bertz CT molecular complexity index is 210. The number of methoxy groups -OCH3 is 1. The summed E-state index contributed by atoms with van der Waals surface area (Å²) in [5, 5.41) is 11.2. The summed E-state index contributed by atoms with van der Waals surface area (Å²) in [5.41, 5.74) is 0. The number of amides is 1. The van der Waals surface area contributed by atoms with Gasteiger partial charge in [-0.05, 0) is 0 Å². The molecule has 1 amide bonds. The molecule has 0 fully saturated rings. The second kappa shape index (κ2) is 8.55. The average Bonchev–Trinajstić information content (AvgIpc) is 2.18. The molecule has 0 saturated carbocycles. The van der Waals surface area contributed by atoms with Crippen LogP contribution in [0.15, 0.2) is 0 Å². The van der Waals surface area contributed by atoms with Crippen LogP contribution >= 0.6 is 11.8 Å². The normalized spacial score (nSPS) is 12.1. The monoisotopic (exact) mass is 235 g/mol. The Hall–Kier alpha value is -0.750. The first-order valence-electron chi connectivity index (χ1n) is 4.64. The molecule has 6 heteroatoms. The summed E-state index contributed by atoms with van der Waals surface area (Å²) in [5.74, 6) is -0.590. The lowest BCUT2D eigenvalue weighted by Crippen LogP contribution is -2.28. The molecule has 0 aliphatic rings. The van der Waals surface area contributed by atoms with Crippen molar-refractivity contribution in [1.82, 2.24) is 5.32 Å².